The second-order valence-corrected chi connectivity index (χ2v) is 7.56. The van der Waals surface area contributed by atoms with Gasteiger partial charge < -0.3 is 5.32 Å². The Kier molecular flexibility index (Phi) is 7.36. The molecular formula is C24H22ClN9. The van der Waals surface area contributed by atoms with E-state index in [1.54, 1.807) is 36.9 Å². The van der Waals surface area contributed by atoms with E-state index in [0.717, 1.165) is 22.6 Å². The van der Waals surface area contributed by atoms with Crippen LogP contribution in [-0.2, 0) is 0 Å². The van der Waals surface area contributed by atoms with Crippen LogP contribution < -0.4 is 16.2 Å². The van der Waals surface area contributed by atoms with Gasteiger partial charge in [-0.05, 0) is 50.2 Å². The second kappa shape index (κ2) is 11.0. The predicted molar refractivity (Wildman–Crippen MR) is 137 cm³/mol. The molecule has 0 bridgehead atoms. The Morgan fingerprint density at radius 2 is 1.24 bits per heavy atom. The number of hydrogen-bond donors (Lipinski definition) is 3. The number of nitrogens with zero attached hydrogens (tertiary/aromatic N) is 6. The minimum atomic E-state index is 0.328. The van der Waals surface area contributed by atoms with Crippen molar-refractivity contribution in [1.82, 2.24) is 19.9 Å². The summed E-state index contributed by atoms with van der Waals surface area (Å²) in [7, 11) is 0. The highest BCUT2D eigenvalue weighted by Crippen LogP contribution is 2.25. The molecule has 0 aliphatic rings. The fourth-order valence-electron chi connectivity index (χ4n) is 2.90. The van der Waals surface area contributed by atoms with Gasteiger partial charge in [0.15, 0.2) is 11.6 Å². The maximum atomic E-state index is 6.29. The normalized spacial score (nSPS) is 11.7. The quantitative estimate of drug-likeness (QED) is 0.235. The van der Waals surface area contributed by atoms with Crippen molar-refractivity contribution in [3.05, 3.63) is 95.5 Å². The first-order valence-electron chi connectivity index (χ1n) is 10.4. The molecule has 0 spiro atoms. The standard InChI is InChI=1S/C24H22ClN9/c1-16(18-7-11-26-12-8-18)31-33-22-15-23(34-32-17(2)19-9-13-27-14-10-19)30-24(29-22)28-21-6-4-3-5-20(21)25/h3-15H,1-2H3,(H3,28,29,30,33,34). The summed E-state index contributed by atoms with van der Waals surface area (Å²) in [5.74, 6) is 1.27. The fourth-order valence-corrected chi connectivity index (χ4v) is 3.08. The Bertz CT molecular complexity index is 1230. The average Bonchev–Trinajstić information content (AvgIpc) is 2.88. The van der Waals surface area contributed by atoms with Crippen molar-refractivity contribution in [3.63, 3.8) is 0 Å². The highest BCUT2D eigenvalue weighted by atomic mass is 35.5. The zero-order valence-electron chi connectivity index (χ0n) is 18.6. The van der Waals surface area contributed by atoms with Crippen molar-refractivity contribution in [2.45, 2.75) is 13.8 Å². The van der Waals surface area contributed by atoms with Crippen LogP contribution in [0.1, 0.15) is 25.0 Å². The molecule has 9 nitrogen and oxygen atoms in total. The van der Waals surface area contributed by atoms with E-state index >= 15 is 0 Å². The van der Waals surface area contributed by atoms with Gasteiger partial charge in [-0.2, -0.15) is 20.2 Å². The third-order valence-electron chi connectivity index (χ3n) is 4.72. The molecule has 0 radical (unpaired) electrons. The van der Waals surface area contributed by atoms with Gasteiger partial charge >= 0.3 is 0 Å². The molecule has 4 rings (SSSR count). The summed E-state index contributed by atoms with van der Waals surface area (Å²) >= 11 is 6.29. The SMILES string of the molecule is CC(=NNc1cc(NN=C(C)c2ccncc2)nc(Nc2ccccc2Cl)n1)c1ccncc1. The molecule has 4 aromatic rings. The van der Waals surface area contributed by atoms with Crippen molar-refractivity contribution in [1.29, 1.82) is 0 Å². The van der Waals surface area contributed by atoms with Gasteiger partial charge in [0.1, 0.15) is 0 Å². The van der Waals surface area contributed by atoms with Gasteiger partial charge in [0.2, 0.25) is 5.95 Å². The molecule has 170 valence electrons. The van der Waals surface area contributed by atoms with E-state index in [4.69, 9.17) is 11.6 Å². The van der Waals surface area contributed by atoms with E-state index < -0.39 is 0 Å². The Hall–Kier alpha value is -4.37. The molecule has 0 aliphatic carbocycles. The molecule has 0 fully saturated rings. The van der Waals surface area contributed by atoms with Crippen LogP contribution in [0.3, 0.4) is 0 Å². The Morgan fingerprint density at radius 1 is 0.735 bits per heavy atom. The predicted octanol–water partition coefficient (Wildman–Crippen LogP) is 5.34. The first kappa shape index (κ1) is 22.8. The molecule has 3 aromatic heterocycles. The van der Waals surface area contributed by atoms with E-state index in [1.165, 1.54) is 0 Å². The molecule has 3 heterocycles. The van der Waals surface area contributed by atoms with Crippen LogP contribution in [0.4, 0.5) is 23.3 Å². The Labute approximate surface area is 202 Å². The van der Waals surface area contributed by atoms with Crippen LogP contribution in [0.2, 0.25) is 5.02 Å². The molecular weight excluding hydrogens is 450 g/mol. The highest BCUT2D eigenvalue weighted by molar-refractivity contribution is 6.33. The van der Waals surface area contributed by atoms with E-state index in [2.05, 4.69) is 46.3 Å². The van der Waals surface area contributed by atoms with E-state index in [1.807, 2.05) is 56.3 Å². The summed E-state index contributed by atoms with van der Waals surface area (Å²) in [6, 6.07) is 16.6. The first-order valence-corrected chi connectivity index (χ1v) is 10.8. The number of aromatic nitrogens is 4. The van der Waals surface area contributed by atoms with Crippen LogP contribution in [0.25, 0.3) is 0 Å². The van der Waals surface area contributed by atoms with Gasteiger partial charge in [0, 0.05) is 42.0 Å². The fraction of sp³-hybridized carbons (Fsp3) is 0.0833. The maximum Gasteiger partial charge on any atom is 0.231 e. The number of pyridine rings is 2. The summed E-state index contributed by atoms with van der Waals surface area (Å²) in [5, 5.41) is 12.6. The number of nitrogens with one attached hydrogen (secondary N) is 3. The zero-order chi connectivity index (χ0) is 23.8. The topological polar surface area (TPSA) is 112 Å². The van der Waals surface area contributed by atoms with Crippen molar-refractivity contribution in [2.75, 3.05) is 16.2 Å². The molecule has 3 N–H and O–H groups in total. The van der Waals surface area contributed by atoms with Crippen LogP contribution in [0, 0.1) is 0 Å². The van der Waals surface area contributed by atoms with Gasteiger partial charge in [0.25, 0.3) is 0 Å². The minimum absolute atomic E-state index is 0.328. The van der Waals surface area contributed by atoms with Crippen molar-refractivity contribution < 1.29 is 0 Å². The lowest BCUT2D eigenvalue weighted by atomic mass is 10.2. The lowest BCUT2D eigenvalue weighted by molar-refractivity contribution is 1.12. The lowest BCUT2D eigenvalue weighted by Crippen LogP contribution is -2.07. The molecule has 0 saturated heterocycles. The second-order valence-electron chi connectivity index (χ2n) is 7.16. The van der Waals surface area contributed by atoms with E-state index in [9.17, 15) is 0 Å². The molecule has 0 saturated carbocycles. The third kappa shape index (κ3) is 6.11. The molecule has 0 unspecified atom stereocenters. The van der Waals surface area contributed by atoms with Crippen LogP contribution >= 0.6 is 11.6 Å². The smallest absolute Gasteiger partial charge is 0.231 e. The number of para-hydroxylation sites is 1. The number of halogens is 1. The summed E-state index contributed by atoms with van der Waals surface area (Å²) in [6.07, 6.45) is 6.87. The largest absolute Gasteiger partial charge is 0.323 e. The van der Waals surface area contributed by atoms with E-state index in [0.29, 0.717) is 28.3 Å². The summed E-state index contributed by atoms with van der Waals surface area (Å²) in [4.78, 5) is 17.1. The highest BCUT2D eigenvalue weighted by Gasteiger charge is 2.08. The number of hydrazone groups is 2. The summed E-state index contributed by atoms with van der Waals surface area (Å²) < 4.78 is 0. The minimum Gasteiger partial charge on any atom is -0.323 e. The Balaban J connectivity index is 1.61. The number of anilines is 4. The number of hydrogen-bond acceptors (Lipinski definition) is 9. The summed E-state index contributed by atoms with van der Waals surface area (Å²) in [5.41, 5.74) is 10.1. The van der Waals surface area contributed by atoms with Gasteiger partial charge in [-0.1, -0.05) is 23.7 Å². The maximum absolute atomic E-state index is 6.29. The van der Waals surface area contributed by atoms with Crippen molar-refractivity contribution in [2.24, 2.45) is 10.2 Å². The van der Waals surface area contributed by atoms with Gasteiger partial charge in [-0.25, -0.2) is 0 Å². The van der Waals surface area contributed by atoms with Gasteiger partial charge in [-0.3, -0.25) is 20.8 Å². The van der Waals surface area contributed by atoms with Crippen molar-refractivity contribution >= 4 is 46.3 Å². The van der Waals surface area contributed by atoms with Crippen molar-refractivity contribution in [3.8, 4) is 0 Å². The van der Waals surface area contributed by atoms with E-state index in [-0.39, 0.29) is 0 Å². The number of rotatable bonds is 8. The monoisotopic (exact) mass is 471 g/mol. The van der Waals surface area contributed by atoms with Gasteiger partial charge in [-0.15, -0.1) is 0 Å². The molecule has 0 aliphatic heterocycles. The molecule has 34 heavy (non-hydrogen) atoms. The first-order chi connectivity index (χ1) is 16.6. The summed E-state index contributed by atoms with van der Waals surface area (Å²) in [6.45, 7) is 3.79. The molecule has 0 atom stereocenters. The third-order valence-corrected chi connectivity index (χ3v) is 5.05. The molecule has 0 amide bonds. The van der Waals surface area contributed by atoms with Crippen LogP contribution in [-0.4, -0.2) is 31.4 Å². The Morgan fingerprint density at radius 3 is 1.74 bits per heavy atom. The molecule has 10 heteroatoms. The lowest BCUT2D eigenvalue weighted by Gasteiger charge is -2.11. The zero-order valence-corrected chi connectivity index (χ0v) is 19.3. The van der Waals surface area contributed by atoms with Crippen LogP contribution in [0.5, 0.6) is 0 Å². The average molecular weight is 472 g/mol. The van der Waals surface area contributed by atoms with Crippen LogP contribution in [0.15, 0.2) is 89.6 Å². The van der Waals surface area contributed by atoms with Gasteiger partial charge in [0.05, 0.1) is 22.1 Å². The number of benzene rings is 1. The molecule has 1 aromatic carbocycles.